The molecule has 122 valence electrons. The Morgan fingerprint density at radius 3 is 2.79 bits per heavy atom. The van der Waals surface area contributed by atoms with E-state index in [1.807, 2.05) is 30.5 Å². The zero-order chi connectivity index (χ0) is 16.5. The third kappa shape index (κ3) is 2.82. The molecule has 5 nitrogen and oxygen atoms in total. The highest BCUT2D eigenvalue weighted by molar-refractivity contribution is 9.10. The number of benzene rings is 1. The summed E-state index contributed by atoms with van der Waals surface area (Å²) in [5, 5.41) is 1.09. The lowest BCUT2D eigenvalue weighted by Gasteiger charge is -2.41. The van der Waals surface area contributed by atoms with Crippen molar-refractivity contribution in [3.63, 3.8) is 0 Å². The predicted octanol–water partition coefficient (Wildman–Crippen LogP) is 3.50. The van der Waals surface area contributed by atoms with Gasteiger partial charge in [0.15, 0.2) is 0 Å². The molecule has 1 aromatic carbocycles. The second-order valence-electron chi connectivity index (χ2n) is 6.04. The van der Waals surface area contributed by atoms with Crippen molar-refractivity contribution in [1.29, 1.82) is 0 Å². The molecule has 3 heterocycles. The Bertz CT molecular complexity index is 854. The van der Waals surface area contributed by atoms with Crippen molar-refractivity contribution in [2.24, 2.45) is 0 Å². The van der Waals surface area contributed by atoms with Gasteiger partial charge in [0, 0.05) is 41.7 Å². The Hall–Kier alpha value is -2.21. The predicted molar refractivity (Wildman–Crippen MR) is 100 cm³/mol. The van der Waals surface area contributed by atoms with E-state index in [2.05, 4.69) is 59.7 Å². The molecule has 0 bridgehead atoms. The largest absolute Gasteiger partial charge is 0.353 e. The average Bonchev–Trinajstić information content (AvgIpc) is 2.62. The summed E-state index contributed by atoms with van der Waals surface area (Å²) in [6, 6.07) is 12.5. The lowest BCUT2D eigenvalue weighted by molar-refractivity contribution is 0.544. The van der Waals surface area contributed by atoms with Crippen LogP contribution in [0.3, 0.4) is 0 Å². The third-order valence-electron chi connectivity index (χ3n) is 4.45. The standard InChI is InChI=1S/C18H18BrN5/c1-13-11-23(17-4-2-3-7-20-17)8-9-24(13)18-15-10-14(19)5-6-16(15)21-12-22-18/h2-7,10,12-13H,8-9,11H2,1H3/t13-/m1/s1. The van der Waals surface area contributed by atoms with Crippen molar-refractivity contribution >= 4 is 38.5 Å². The lowest BCUT2D eigenvalue weighted by atomic mass is 10.1. The third-order valence-corrected chi connectivity index (χ3v) is 4.94. The number of pyridine rings is 1. The normalized spacial score (nSPS) is 18.2. The molecule has 4 rings (SSSR count). The highest BCUT2D eigenvalue weighted by Gasteiger charge is 2.26. The van der Waals surface area contributed by atoms with Gasteiger partial charge in [0.05, 0.1) is 5.52 Å². The summed E-state index contributed by atoms with van der Waals surface area (Å²) >= 11 is 3.56. The molecule has 1 fully saturated rings. The van der Waals surface area contributed by atoms with Crippen molar-refractivity contribution in [2.75, 3.05) is 29.4 Å². The fraction of sp³-hybridized carbons (Fsp3) is 0.278. The SMILES string of the molecule is C[C@@H]1CN(c2ccccn2)CCN1c1ncnc2ccc(Br)cc12. The molecule has 24 heavy (non-hydrogen) atoms. The summed E-state index contributed by atoms with van der Waals surface area (Å²) in [4.78, 5) is 18.1. The Balaban J connectivity index is 1.64. The quantitative estimate of drug-likeness (QED) is 0.677. The molecule has 1 aliphatic rings. The number of aromatic nitrogens is 3. The molecular formula is C18H18BrN5. The molecule has 1 atom stereocenters. The van der Waals surface area contributed by atoms with Crippen molar-refractivity contribution in [2.45, 2.75) is 13.0 Å². The Morgan fingerprint density at radius 2 is 2.00 bits per heavy atom. The van der Waals surface area contributed by atoms with Gasteiger partial charge in [0.1, 0.15) is 18.0 Å². The van der Waals surface area contributed by atoms with E-state index < -0.39 is 0 Å². The molecule has 0 amide bonds. The Kier molecular flexibility index (Phi) is 4.06. The summed E-state index contributed by atoms with van der Waals surface area (Å²) in [6.45, 7) is 5.01. The van der Waals surface area contributed by atoms with E-state index >= 15 is 0 Å². The van der Waals surface area contributed by atoms with Crippen molar-refractivity contribution in [3.8, 4) is 0 Å². The number of hydrogen-bond acceptors (Lipinski definition) is 5. The minimum absolute atomic E-state index is 0.345. The topological polar surface area (TPSA) is 45.2 Å². The summed E-state index contributed by atoms with van der Waals surface area (Å²) in [6.07, 6.45) is 3.51. The van der Waals surface area contributed by atoms with Gasteiger partial charge in [0.2, 0.25) is 0 Å². The lowest BCUT2D eigenvalue weighted by Crippen LogP contribution is -2.52. The number of anilines is 2. The molecule has 1 saturated heterocycles. The van der Waals surface area contributed by atoms with Crippen LogP contribution in [0.1, 0.15) is 6.92 Å². The van der Waals surface area contributed by atoms with Crippen molar-refractivity contribution in [3.05, 3.63) is 53.4 Å². The first kappa shape index (κ1) is 15.3. The van der Waals surface area contributed by atoms with Gasteiger partial charge in [-0.05, 0) is 37.3 Å². The van der Waals surface area contributed by atoms with E-state index in [9.17, 15) is 0 Å². The first-order valence-electron chi connectivity index (χ1n) is 8.05. The maximum absolute atomic E-state index is 4.58. The number of rotatable bonds is 2. The summed E-state index contributed by atoms with van der Waals surface area (Å²) in [5.74, 6) is 2.05. The van der Waals surface area contributed by atoms with Crippen LogP contribution in [0.4, 0.5) is 11.6 Å². The van der Waals surface area contributed by atoms with Gasteiger partial charge in [-0.1, -0.05) is 22.0 Å². The van der Waals surface area contributed by atoms with Crippen molar-refractivity contribution < 1.29 is 0 Å². The molecule has 0 N–H and O–H groups in total. The van der Waals surface area contributed by atoms with E-state index in [4.69, 9.17) is 0 Å². The Labute approximate surface area is 149 Å². The van der Waals surface area contributed by atoms with Crippen LogP contribution in [0.15, 0.2) is 53.4 Å². The minimum atomic E-state index is 0.345. The second-order valence-corrected chi connectivity index (χ2v) is 6.95. The maximum atomic E-state index is 4.58. The van der Waals surface area contributed by atoms with E-state index in [0.717, 1.165) is 46.6 Å². The molecule has 6 heteroatoms. The fourth-order valence-corrected chi connectivity index (χ4v) is 3.63. The molecule has 2 aromatic heterocycles. The van der Waals surface area contributed by atoms with Gasteiger partial charge in [-0.25, -0.2) is 15.0 Å². The van der Waals surface area contributed by atoms with Crippen LogP contribution in [0, 0.1) is 0 Å². The van der Waals surface area contributed by atoms with E-state index in [0.29, 0.717) is 6.04 Å². The number of fused-ring (bicyclic) bond motifs is 1. The molecule has 0 aliphatic carbocycles. The summed E-state index contributed by atoms with van der Waals surface area (Å²) in [5.41, 5.74) is 0.975. The first-order valence-corrected chi connectivity index (χ1v) is 8.84. The van der Waals surface area contributed by atoms with E-state index in [-0.39, 0.29) is 0 Å². The zero-order valence-corrected chi connectivity index (χ0v) is 15.0. The molecule has 0 unspecified atom stereocenters. The van der Waals surface area contributed by atoms with Gasteiger partial charge in [-0.15, -0.1) is 0 Å². The molecule has 1 aliphatic heterocycles. The van der Waals surface area contributed by atoms with Crippen molar-refractivity contribution in [1.82, 2.24) is 15.0 Å². The average molecular weight is 384 g/mol. The van der Waals surface area contributed by atoms with Crippen LogP contribution in [0.5, 0.6) is 0 Å². The van der Waals surface area contributed by atoms with Gasteiger partial charge < -0.3 is 9.80 Å². The van der Waals surface area contributed by atoms with Crippen LogP contribution in [-0.2, 0) is 0 Å². The fourth-order valence-electron chi connectivity index (χ4n) is 3.27. The van der Waals surface area contributed by atoms with Crippen LogP contribution < -0.4 is 9.80 Å². The number of halogens is 1. The van der Waals surface area contributed by atoms with Crippen LogP contribution >= 0.6 is 15.9 Å². The van der Waals surface area contributed by atoms with Crippen LogP contribution in [-0.4, -0.2) is 40.6 Å². The van der Waals surface area contributed by atoms with Crippen LogP contribution in [0.2, 0.25) is 0 Å². The zero-order valence-electron chi connectivity index (χ0n) is 13.4. The molecule has 0 saturated carbocycles. The van der Waals surface area contributed by atoms with Crippen LogP contribution in [0.25, 0.3) is 10.9 Å². The summed E-state index contributed by atoms with van der Waals surface area (Å²) in [7, 11) is 0. The van der Waals surface area contributed by atoms with Gasteiger partial charge in [0.25, 0.3) is 0 Å². The van der Waals surface area contributed by atoms with E-state index in [1.54, 1.807) is 6.33 Å². The highest BCUT2D eigenvalue weighted by Crippen LogP contribution is 2.29. The molecule has 3 aromatic rings. The number of piperazine rings is 1. The van der Waals surface area contributed by atoms with E-state index in [1.165, 1.54) is 0 Å². The summed E-state index contributed by atoms with van der Waals surface area (Å²) < 4.78 is 1.05. The second kappa shape index (κ2) is 6.36. The Morgan fingerprint density at radius 1 is 1.08 bits per heavy atom. The van der Waals surface area contributed by atoms with Gasteiger partial charge >= 0.3 is 0 Å². The molecule has 0 spiro atoms. The van der Waals surface area contributed by atoms with Gasteiger partial charge in [-0.3, -0.25) is 0 Å². The minimum Gasteiger partial charge on any atom is -0.353 e. The highest BCUT2D eigenvalue weighted by atomic mass is 79.9. The maximum Gasteiger partial charge on any atom is 0.140 e. The van der Waals surface area contributed by atoms with Gasteiger partial charge in [-0.2, -0.15) is 0 Å². The monoisotopic (exact) mass is 383 g/mol. The molecule has 0 radical (unpaired) electrons. The smallest absolute Gasteiger partial charge is 0.140 e. The number of nitrogens with zero attached hydrogens (tertiary/aromatic N) is 5. The first-order chi connectivity index (χ1) is 11.7. The molecular weight excluding hydrogens is 366 g/mol. The number of hydrogen-bond donors (Lipinski definition) is 0.